The Morgan fingerprint density at radius 2 is 0.909 bits per heavy atom. The lowest BCUT2D eigenvalue weighted by molar-refractivity contribution is 0.392. The van der Waals surface area contributed by atoms with Crippen molar-refractivity contribution in [1.82, 2.24) is 9.97 Å². The average Bonchev–Trinajstić information content (AvgIpc) is 3.67. The van der Waals surface area contributed by atoms with Gasteiger partial charge in [-0.1, -0.05) is 194 Å². The van der Waals surface area contributed by atoms with Gasteiger partial charge in [0.2, 0.25) is 0 Å². The van der Waals surface area contributed by atoms with Gasteiger partial charge >= 0.3 is 0 Å². The van der Waals surface area contributed by atoms with Crippen LogP contribution in [0.4, 0.5) is 11.4 Å². The summed E-state index contributed by atoms with van der Waals surface area (Å²) in [5, 5.41) is 2.53. The molecule has 310 valence electrons. The third-order valence-electron chi connectivity index (χ3n) is 14.1. The lowest BCUT2D eigenvalue weighted by Gasteiger charge is -2.53. The van der Waals surface area contributed by atoms with Crippen molar-refractivity contribution >= 4 is 22.1 Å². The number of hydrogen-bond donors (Lipinski definition) is 0. The van der Waals surface area contributed by atoms with Gasteiger partial charge in [0.15, 0.2) is 5.82 Å². The van der Waals surface area contributed by atoms with Gasteiger partial charge in [-0.2, -0.15) is 0 Å². The van der Waals surface area contributed by atoms with E-state index in [0.717, 1.165) is 39.2 Å². The van der Waals surface area contributed by atoms with Crippen LogP contribution in [-0.2, 0) is 5.41 Å². The van der Waals surface area contributed by atoms with Gasteiger partial charge in [-0.05, 0) is 115 Å². The predicted octanol–water partition coefficient (Wildman–Crippen LogP) is 15.5. The van der Waals surface area contributed by atoms with E-state index in [1.54, 1.807) is 0 Å². The number of aromatic nitrogens is 2. The monoisotopic (exact) mass is 841 g/mol. The molecule has 3 heteroatoms. The Balaban J connectivity index is 0.961. The lowest BCUT2D eigenvalue weighted by atomic mass is 9.58. The summed E-state index contributed by atoms with van der Waals surface area (Å²) in [6, 6.07) is 81.8. The molecule has 10 aromatic rings. The molecule has 3 unspecified atom stereocenters. The largest absolute Gasteiger partial charge is 0.334 e. The molecule has 3 nitrogen and oxygen atoms in total. The molecule has 0 amide bonds. The smallest absolute Gasteiger partial charge is 0.160 e. The Morgan fingerprint density at radius 1 is 0.364 bits per heavy atom. The highest BCUT2D eigenvalue weighted by atomic mass is 15.2. The van der Waals surface area contributed by atoms with Crippen molar-refractivity contribution in [2.24, 2.45) is 5.92 Å². The van der Waals surface area contributed by atoms with E-state index in [-0.39, 0.29) is 12.0 Å². The van der Waals surface area contributed by atoms with E-state index >= 15 is 0 Å². The summed E-state index contributed by atoms with van der Waals surface area (Å²) in [5.74, 6) is 0.832. The average molecular weight is 842 g/mol. The van der Waals surface area contributed by atoms with Crippen molar-refractivity contribution in [2.45, 2.75) is 11.5 Å². The van der Waals surface area contributed by atoms with Crippen molar-refractivity contribution in [3.8, 4) is 67.3 Å². The quantitative estimate of drug-likeness (QED) is 0.167. The summed E-state index contributed by atoms with van der Waals surface area (Å²) in [6.45, 7) is 0. The number of rotatable bonds is 6. The SMILES string of the molecule is C1=CC2C(C=C1)C1(c3cc(-c4cccc(-c5cccc(-c6cc(-c7ccccc7)nc(-c7ccccc7)n6)c5)c4)ccc3-c3cc4ccccc4cc31)c1ccccc1N2c1ccccc1. The Morgan fingerprint density at radius 3 is 1.65 bits per heavy atom. The molecular formula is C63H43N3. The van der Waals surface area contributed by atoms with Crippen molar-refractivity contribution in [3.63, 3.8) is 0 Å². The zero-order valence-corrected chi connectivity index (χ0v) is 36.2. The maximum Gasteiger partial charge on any atom is 0.160 e. The summed E-state index contributed by atoms with van der Waals surface area (Å²) in [4.78, 5) is 12.8. The van der Waals surface area contributed by atoms with E-state index in [2.05, 4.69) is 229 Å². The standard InChI is InChI=1S/C63H43N3/c1-4-18-42(19-5-1)58-41-59(65-62(64-58)43-20-6-2-7-21-43)50-27-17-26-46(37-50)44-24-16-25-45(36-44)49-34-35-52-53-38-47-22-10-11-23-48(47)39-57(53)63(56(52)40-49)54-30-12-14-32-60(54)66(51-28-8-3-9-29-51)61-33-15-13-31-55(61)63/h1-41,54,60H. The maximum atomic E-state index is 5.15. The van der Waals surface area contributed by atoms with Gasteiger partial charge in [-0.15, -0.1) is 0 Å². The molecule has 1 aromatic heterocycles. The van der Waals surface area contributed by atoms with Gasteiger partial charge in [0.25, 0.3) is 0 Å². The fourth-order valence-electron chi connectivity index (χ4n) is 11.2. The molecule has 0 saturated heterocycles. The fraction of sp³-hybridized carbons (Fsp3) is 0.0476. The molecule has 2 heterocycles. The van der Waals surface area contributed by atoms with E-state index in [1.807, 2.05) is 24.3 Å². The maximum absolute atomic E-state index is 5.15. The van der Waals surface area contributed by atoms with Gasteiger partial charge in [-0.25, -0.2) is 9.97 Å². The molecule has 2 aliphatic carbocycles. The predicted molar refractivity (Wildman–Crippen MR) is 273 cm³/mol. The molecule has 66 heavy (non-hydrogen) atoms. The second kappa shape index (κ2) is 15.4. The van der Waals surface area contributed by atoms with Crippen molar-refractivity contribution in [1.29, 1.82) is 0 Å². The van der Waals surface area contributed by atoms with E-state index in [0.29, 0.717) is 5.82 Å². The van der Waals surface area contributed by atoms with E-state index in [1.165, 1.54) is 61.1 Å². The first-order chi connectivity index (χ1) is 32.7. The Kier molecular flexibility index (Phi) is 8.89. The van der Waals surface area contributed by atoms with Crippen LogP contribution in [-0.4, -0.2) is 16.0 Å². The highest BCUT2D eigenvalue weighted by Crippen LogP contribution is 2.64. The minimum absolute atomic E-state index is 0.0965. The number of para-hydroxylation sites is 2. The van der Waals surface area contributed by atoms with Gasteiger partial charge in [0.05, 0.1) is 22.8 Å². The van der Waals surface area contributed by atoms with E-state index < -0.39 is 5.41 Å². The number of benzene rings is 9. The zero-order valence-electron chi connectivity index (χ0n) is 36.2. The van der Waals surface area contributed by atoms with Gasteiger partial charge in [0, 0.05) is 34.0 Å². The molecule has 1 spiro atoms. The second-order valence-electron chi connectivity index (χ2n) is 17.7. The van der Waals surface area contributed by atoms with Gasteiger partial charge in [-0.3, -0.25) is 0 Å². The minimum Gasteiger partial charge on any atom is -0.334 e. The molecule has 0 saturated carbocycles. The van der Waals surface area contributed by atoms with Gasteiger partial charge < -0.3 is 4.90 Å². The summed E-state index contributed by atoms with van der Waals surface area (Å²) in [7, 11) is 0. The Bertz CT molecular complexity index is 3500. The van der Waals surface area contributed by atoms with Crippen molar-refractivity contribution in [3.05, 3.63) is 265 Å². The van der Waals surface area contributed by atoms with Crippen molar-refractivity contribution < 1.29 is 0 Å². The third-order valence-corrected chi connectivity index (χ3v) is 14.1. The van der Waals surface area contributed by atoms with E-state index in [9.17, 15) is 0 Å². The minimum atomic E-state index is -0.445. The molecule has 0 N–H and O–H groups in total. The number of nitrogens with zero attached hydrogens (tertiary/aromatic N) is 3. The number of allylic oxidation sites excluding steroid dienone is 2. The van der Waals surface area contributed by atoms with Crippen LogP contribution >= 0.6 is 0 Å². The molecule has 9 aromatic carbocycles. The second-order valence-corrected chi connectivity index (χ2v) is 17.7. The van der Waals surface area contributed by atoms with Crippen LogP contribution in [0.15, 0.2) is 249 Å². The molecule has 0 radical (unpaired) electrons. The normalized spacial score (nSPS) is 17.6. The molecule has 0 fully saturated rings. The number of fused-ring (bicyclic) bond motifs is 10. The summed E-state index contributed by atoms with van der Waals surface area (Å²) in [6.07, 6.45) is 9.41. The van der Waals surface area contributed by atoms with Crippen LogP contribution in [0, 0.1) is 5.92 Å². The number of anilines is 2. The molecular weight excluding hydrogens is 799 g/mol. The zero-order chi connectivity index (χ0) is 43.6. The van der Waals surface area contributed by atoms with Gasteiger partial charge in [0.1, 0.15) is 0 Å². The first-order valence-electron chi connectivity index (χ1n) is 22.9. The van der Waals surface area contributed by atoms with Crippen LogP contribution in [0.25, 0.3) is 78.1 Å². The van der Waals surface area contributed by atoms with E-state index in [4.69, 9.17) is 9.97 Å². The Hall–Kier alpha value is -8.40. The van der Waals surface area contributed by atoms with Crippen LogP contribution in [0.5, 0.6) is 0 Å². The molecule has 3 aliphatic rings. The Labute approximate surface area is 385 Å². The highest BCUT2D eigenvalue weighted by Gasteiger charge is 2.57. The molecule has 13 rings (SSSR count). The van der Waals surface area contributed by atoms with Crippen molar-refractivity contribution in [2.75, 3.05) is 4.90 Å². The summed E-state index contributed by atoms with van der Waals surface area (Å²) >= 11 is 0. The summed E-state index contributed by atoms with van der Waals surface area (Å²) in [5.41, 5.74) is 18.3. The third kappa shape index (κ3) is 6.04. The first kappa shape index (κ1) is 38.1. The van der Waals surface area contributed by atoms with Crippen LogP contribution < -0.4 is 4.90 Å². The van der Waals surface area contributed by atoms with Crippen LogP contribution in [0.2, 0.25) is 0 Å². The highest BCUT2D eigenvalue weighted by molar-refractivity contribution is 5.97. The molecule has 1 aliphatic heterocycles. The molecule has 0 bridgehead atoms. The lowest BCUT2D eigenvalue weighted by Crippen LogP contribution is -2.52. The van der Waals surface area contributed by atoms with Crippen LogP contribution in [0.1, 0.15) is 16.7 Å². The van der Waals surface area contributed by atoms with Crippen LogP contribution in [0.3, 0.4) is 0 Å². The topological polar surface area (TPSA) is 29.0 Å². The summed E-state index contributed by atoms with van der Waals surface area (Å²) < 4.78 is 0. The fourth-order valence-corrected chi connectivity index (χ4v) is 11.2. The number of hydrogen-bond acceptors (Lipinski definition) is 3. The first-order valence-corrected chi connectivity index (χ1v) is 22.9. The molecule has 3 atom stereocenters.